The average Bonchev–Trinajstić information content (AvgIpc) is 2.82. The molecule has 1 unspecified atom stereocenters. The fraction of sp³-hybridized carbons (Fsp3) is 0.400. The zero-order valence-corrected chi connectivity index (χ0v) is 12.4. The Kier molecular flexibility index (Phi) is 4.41. The van der Waals surface area contributed by atoms with Gasteiger partial charge in [-0.1, -0.05) is 37.3 Å². The monoisotopic (exact) mass is 279 g/mol. The molecule has 1 nitrogen and oxygen atoms in total. The standard InChI is InChI=1S/C15H18ClNS/c1-3-15(11-16,13-7-5-4-6-8-13)9-14-10-18-12(2)17-14/h4-8,10H,3,9,11H2,1-2H3. The highest BCUT2D eigenvalue weighted by Crippen LogP contribution is 2.33. The molecule has 1 heterocycles. The van der Waals surface area contributed by atoms with Crippen LogP contribution in [0.25, 0.3) is 0 Å². The predicted molar refractivity (Wildman–Crippen MR) is 79.7 cm³/mol. The van der Waals surface area contributed by atoms with Gasteiger partial charge in [-0.25, -0.2) is 4.98 Å². The summed E-state index contributed by atoms with van der Waals surface area (Å²) in [4.78, 5) is 4.58. The Morgan fingerprint density at radius 3 is 2.50 bits per heavy atom. The maximum Gasteiger partial charge on any atom is 0.0897 e. The van der Waals surface area contributed by atoms with Crippen molar-refractivity contribution in [2.45, 2.75) is 32.1 Å². The Morgan fingerprint density at radius 2 is 2.00 bits per heavy atom. The zero-order chi connectivity index (χ0) is 13.0. The molecule has 0 aliphatic heterocycles. The number of benzene rings is 1. The fourth-order valence-corrected chi connectivity index (χ4v) is 3.33. The van der Waals surface area contributed by atoms with Crippen LogP contribution in [0.4, 0.5) is 0 Å². The van der Waals surface area contributed by atoms with Crippen molar-refractivity contribution in [3.63, 3.8) is 0 Å². The van der Waals surface area contributed by atoms with Gasteiger partial charge in [-0.05, 0) is 18.9 Å². The molecule has 0 aliphatic carbocycles. The molecular weight excluding hydrogens is 262 g/mol. The van der Waals surface area contributed by atoms with Crippen LogP contribution in [0.5, 0.6) is 0 Å². The van der Waals surface area contributed by atoms with Crippen LogP contribution in [0.1, 0.15) is 29.6 Å². The van der Waals surface area contributed by atoms with Crippen LogP contribution in [0, 0.1) is 6.92 Å². The summed E-state index contributed by atoms with van der Waals surface area (Å²) in [5, 5.41) is 3.27. The molecule has 1 aromatic heterocycles. The molecule has 2 aromatic rings. The lowest BCUT2D eigenvalue weighted by Gasteiger charge is -2.30. The number of aromatic nitrogens is 1. The summed E-state index contributed by atoms with van der Waals surface area (Å²) in [5.74, 6) is 0.629. The van der Waals surface area contributed by atoms with Gasteiger partial charge in [0.2, 0.25) is 0 Å². The summed E-state index contributed by atoms with van der Waals surface area (Å²) in [5.41, 5.74) is 2.47. The summed E-state index contributed by atoms with van der Waals surface area (Å²) in [6.07, 6.45) is 1.94. The number of halogens is 1. The summed E-state index contributed by atoms with van der Waals surface area (Å²) < 4.78 is 0. The average molecular weight is 280 g/mol. The minimum Gasteiger partial charge on any atom is -0.247 e. The molecule has 0 spiro atoms. The molecule has 0 fully saturated rings. The number of hydrogen-bond acceptors (Lipinski definition) is 2. The summed E-state index contributed by atoms with van der Waals surface area (Å²) in [6.45, 7) is 4.25. The molecule has 0 bridgehead atoms. The van der Waals surface area contributed by atoms with Crippen LogP contribution in [0.2, 0.25) is 0 Å². The molecule has 0 aliphatic rings. The van der Waals surface area contributed by atoms with Crippen molar-refractivity contribution in [1.29, 1.82) is 0 Å². The van der Waals surface area contributed by atoms with Gasteiger partial charge >= 0.3 is 0 Å². The van der Waals surface area contributed by atoms with E-state index >= 15 is 0 Å². The van der Waals surface area contributed by atoms with Gasteiger partial charge in [0.1, 0.15) is 0 Å². The predicted octanol–water partition coefficient (Wildman–Crippen LogP) is 4.58. The van der Waals surface area contributed by atoms with Gasteiger partial charge in [-0.15, -0.1) is 22.9 Å². The van der Waals surface area contributed by atoms with Crippen LogP contribution >= 0.6 is 22.9 Å². The van der Waals surface area contributed by atoms with Crippen molar-refractivity contribution >= 4 is 22.9 Å². The van der Waals surface area contributed by atoms with Crippen molar-refractivity contribution in [1.82, 2.24) is 4.98 Å². The van der Waals surface area contributed by atoms with Gasteiger partial charge in [0.15, 0.2) is 0 Å². The lowest BCUT2D eigenvalue weighted by Crippen LogP contribution is -2.30. The van der Waals surface area contributed by atoms with E-state index in [-0.39, 0.29) is 5.41 Å². The molecule has 0 amide bonds. The number of aryl methyl sites for hydroxylation is 1. The number of alkyl halides is 1. The first kappa shape index (κ1) is 13.6. The maximum atomic E-state index is 6.29. The highest BCUT2D eigenvalue weighted by atomic mass is 35.5. The lowest BCUT2D eigenvalue weighted by atomic mass is 9.76. The van der Waals surface area contributed by atoms with Crippen molar-refractivity contribution in [3.05, 3.63) is 52.0 Å². The molecule has 96 valence electrons. The maximum absolute atomic E-state index is 6.29. The van der Waals surface area contributed by atoms with Gasteiger partial charge in [0.25, 0.3) is 0 Å². The molecule has 0 radical (unpaired) electrons. The van der Waals surface area contributed by atoms with E-state index in [4.69, 9.17) is 11.6 Å². The first-order valence-corrected chi connectivity index (χ1v) is 7.64. The fourth-order valence-electron chi connectivity index (χ4n) is 2.28. The Bertz CT molecular complexity index is 488. The van der Waals surface area contributed by atoms with E-state index in [2.05, 4.69) is 41.6 Å². The second-order valence-corrected chi connectivity index (χ2v) is 6.00. The highest BCUT2D eigenvalue weighted by molar-refractivity contribution is 7.09. The normalized spacial score (nSPS) is 14.4. The van der Waals surface area contributed by atoms with E-state index < -0.39 is 0 Å². The van der Waals surface area contributed by atoms with E-state index in [1.54, 1.807) is 11.3 Å². The highest BCUT2D eigenvalue weighted by Gasteiger charge is 2.30. The quantitative estimate of drug-likeness (QED) is 0.730. The van der Waals surface area contributed by atoms with Crippen molar-refractivity contribution in [3.8, 4) is 0 Å². The second-order valence-electron chi connectivity index (χ2n) is 4.67. The van der Waals surface area contributed by atoms with Crippen LogP contribution in [-0.2, 0) is 11.8 Å². The Balaban J connectivity index is 2.32. The molecule has 0 saturated carbocycles. The van der Waals surface area contributed by atoms with Gasteiger partial charge in [-0.3, -0.25) is 0 Å². The van der Waals surface area contributed by atoms with Crippen molar-refractivity contribution in [2.24, 2.45) is 0 Å². The van der Waals surface area contributed by atoms with E-state index in [1.165, 1.54) is 5.56 Å². The third-order valence-electron chi connectivity index (χ3n) is 3.50. The van der Waals surface area contributed by atoms with E-state index in [0.29, 0.717) is 5.88 Å². The van der Waals surface area contributed by atoms with Gasteiger partial charge in [-0.2, -0.15) is 0 Å². The smallest absolute Gasteiger partial charge is 0.0897 e. The molecule has 0 N–H and O–H groups in total. The van der Waals surface area contributed by atoms with Crippen molar-refractivity contribution < 1.29 is 0 Å². The number of thiazole rings is 1. The van der Waals surface area contributed by atoms with Crippen LogP contribution in [-0.4, -0.2) is 10.9 Å². The molecule has 18 heavy (non-hydrogen) atoms. The van der Waals surface area contributed by atoms with Crippen molar-refractivity contribution in [2.75, 3.05) is 5.88 Å². The molecule has 3 heteroatoms. The lowest BCUT2D eigenvalue weighted by molar-refractivity contribution is 0.454. The first-order chi connectivity index (χ1) is 8.70. The zero-order valence-electron chi connectivity index (χ0n) is 10.8. The Labute approximate surface area is 118 Å². The number of rotatable bonds is 5. The molecule has 0 saturated heterocycles. The van der Waals surface area contributed by atoms with Crippen LogP contribution in [0.15, 0.2) is 35.7 Å². The summed E-state index contributed by atoms with van der Waals surface area (Å²) >= 11 is 8.00. The Hall–Kier alpha value is -0.860. The van der Waals surface area contributed by atoms with E-state index in [9.17, 15) is 0 Å². The largest absolute Gasteiger partial charge is 0.247 e. The second kappa shape index (κ2) is 5.85. The van der Waals surface area contributed by atoms with Crippen LogP contribution < -0.4 is 0 Å². The summed E-state index contributed by atoms with van der Waals surface area (Å²) in [6, 6.07) is 10.6. The molecule has 2 rings (SSSR count). The van der Waals surface area contributed by atoms with Crippen LogP contribution in [0.3, 0.4) is 0 Å². The number of nitrogens with zero attached hydrogens (tertiary/aromatic N) is 1. The topological polar surface area (TPSA) is 12.9 Å². The Morgan fingerprint density at radius 1 is 1.28 bits per heavy atom. The van der Waals surface area contributed by atoms with Gasteiger partial charge in [0.05, 0.1) is 10.7 Å². The van der Waals surface area contributed by atoms with E-state index in [0.717, 1.165) is 23.5 Å². The van der Waals surface area contributed by atoms with Gasteiger partial charge in [0, 0.05) is 23.1 Å². The SMILES string of the molecule is CCC(CCl)(Cc1csc(C)n1)c1ccccc1. The summed E-state index contributed by atoms with van der Waals surface area (Å²) in [7, 11) is 0. The first-order valence-electron chi connectivity index (χ1n) is 6.22. The minimum absolute atomic E-state index is 0.00330. The van der Waals surface area contributed by atoms with E-state index in [1.807, 2.05) is 13.0 Å². The third-order valence-corrected chi connectivity index (χ3v) is 4.84. The number of hydrogen-bond donors (Lipinski definition) is 0. The molecule has 1 aromatic carbocycles. The molecule has 1 atom stereocenters. The molecular formula is C15H18ClNS. The van der Waals surface area contributed by atoms with Gasteiger partial charge < -0.3 is 0 Å². The minimum atomic E-state index is 0.00330. The third kappa shape index (κ3) is 2.76.